The molecule has 2 N–H and O–H groups in total. The zero-order valence-electron chi connectivity index (χ0n) is 13.6. The minimum Gasteiger partial charge on any atom is -0.394 e. The molecule has 0 spiro atoms. The number of nitrogens with one attached hydrogen (secondary N) is 1. The Kier molecular flexibility index (Phi) is 7.32. The van der Waals surface area contributed by atoms with Gasteiger partial charge in [0.05, 0.1) is 39.1 Å². The molecule has 0 aromatic heterocycles. The average molecular weight is 322 g/mol. The molecule has 0 unspecified atom stereocenters. The highest BCUT2D eigenvalue weighted by atomic mass is 16.5. The van der Waals surface area contributed by atoms with E-state index in [0.29, 0.717) is 39.5 Å². The lowest BCUT2D eigenvalue weighted by Crippen LogP contribution is -2.54. The van der Waals surface area contributed by atoms with Crippen molar-refractivity contribution >= 4 is 6.03 Å². The molecule has 2 atom stereocenters. The van der Waals surface area contributed by atoms with Gasteiger partial charge in [-0.15, -0.1) is 0 Å². The summed E-state index contributed by atoms with van der Waals surface area (Å²) in [6.45, 7) is 5.08. The van der Waals surface area contributed by atoms with Gasteiger partial charge in [-0.2, -0.15) is 0 Å². The minimum absolute atomic E-state index is 0.0802. The van der Waals surface area contributed by atoms with Gasteiger partial charge in [0.25, 0.3) is 0 Å². The van der Waals surface area contributed by atoms with Crippen LogP contribution in [0.3, 0.4) is 0 Å². The van der Waals surface area contributed by atoms with Gasteiger partial charge in [-0.05, 0) is 11.5 Å². The molecule has 1 heterocycles. The van der Waals surface area contributed by atoms with Gasteiger partial charge in [0.2, 0.25) is 0 Å². The monoisotopic (exact) mass is 322 g/mol. The van der Waals surface area contributed by atoms with Crippen LogP contribution in [0.2, 0.25) is 0 Å². The molecule has 1 aliphatic heterocycles. The van der Waals surface area contributed by atoms with E-state index in [0.717, 1.165) is 5.56 Å². The normalized spacial score (nSPS) is 19.4. The number of carbonyl (C=O) groups excluding carboxylic acids is 1. The van der Waals surface area contributed by atoms with Crippen LogP contribution in [0.1, 0.15) is 12.5 Å². The molecule has 1 aliphatic rings. The standard InChI is InChI=1S/C17H26N2O4/c1-14(11-23-12-15-5-3-2-4-6-15)9-18-17(21)19-7-8-22-13-16(19)10-20/h2-6,14,16,20H,7-13H2,1H3,(H,18,21)/t14-,16-/m0/s1. The molecule has 6 nitrogen and oxygen atoms in total. The van der Waals surface area contributed by atoms with Crippen LogP contribution in [-0.4, -0.2) is 61.6 Å². The molecule has 0 saturated carbocycles. The van der Waals surface area contributed by atoms with Crippen LogP contribution in [-0.2, 0) is 16.1 Å². The molecular weight excluding hydrogens is 296 g/mol. The Labute approximate surface area is 137 Å². The summed E-state index contributed by atoms with van der Waals surface area (Å²) in [5.74, 6) is 0.219. The first-order chi connectivity index (χ1) is 11.2. The van der Waals surface area contributed by atoms with E-state index in [1.165, 1.54) is 0 Å². The first-order valence-corrected chi connectivity index (χ1v) is 8.05. The van der Waals surface area contributed by atoms with E-state index >= 15 is 0 Å². The van der Waals surface area contributed by atoms with Crippen molar-refractivity contribution in [1.82, 2.24) is 10.2 Å². The summed E-state index contributed by atoms with van der Waals surface area (Å²) in [6, 6.07) is 9.60. The summed E-state index contributed by atoms with van der Waals surface area (Å²) in [5, 5.41) is 12.2. The first-order valence-electron chi connectivity index (χ1n) is 8.05. The number of rotatable bonds is 7. The van der Waals surface area contributed by atoms with Crippen LogP contribution < -0.4 is 5.32 Å². The van der Waals surface area contributed by atoms with Crippen LogP contribution in [0, 0.1) is 5.92 Å². The van der Waals surface area contributed by atoms with Crippen molar-refractivity contribution in [2.24, 2.45) is 5.92 Å². The summed E-state index contributed by atoms with van der Waals surface area (Å²) in [4.78, 5) is 13.8. The number of aliphatic hydroxyl groups is 1. The summed E-state index contributed by atoms with van der Waals surface area (Å²) in [7, 11) is 0. The SMILES string of the molecule is C[C@@H](CNC(=O)N1CCOC[C@@H]1CO)COCc1ccccc1. The third-order valence-corrected chi connectivity index (χ3v) is 3.81. The zero-order valence-corrected chi connectivity index (χ0v) is 13.6. The van der Waals surface area contributed by atoms with E-state index in [1.807, 2.05) is 37.3 Å². The van der Waals surface area contributed by atoms with Gasteiger partial charge in [0.1, 0.15) is 0 Å². The van der Waals surface area contributed by atoms with E-state index in [-0.39, 0.29) is 24.6 Å². The number of nitrogens with zero attached hydrogens (tertiary/aromatic N) is 1. The Hall–Kier alpha value is -1.63. The van der Waals surface area contributed by atoms with Crippen molar-refractivity contribution in [2.45, 2.75) is 19.6 Å². The highest BCUT2D eigenvalue weighted by Gasteiger charge is 2.26. The Bertz CT molecular complexity index is 469. The second-order valence-corrected chi connectivity index (χ2v) is 5.90. The predicted octanol–water partition coefficient (Wildman–Crippen LogP) is 1.24. The molecule has 1 fully saturated rings. The fourth-order valence-corrected chi connectivity index (χ4v) is 2.45. The van der Waals surface area contributed by atoms with Crippen LogP contribution in [0.4, 0.5) is 4.79 Å². The molecular formula is C17H26N2O4. The molecule has 2 rings (SSSR count). The van der Waals surface area contributed by atoms with Gasteiger partial charge in [0, 0.05) is 13.1 Å². The van der Waals surface area contributed by atoms with Gasteiger partial charge in [-0.1, -0.05) is 37.3 Å². The molecule has 1 saturated heterocycles. The Morgan fingerprint density at radius 3 is 3.00 bits per heavy atom. The van der Waals surface area contributed by atoms with Crippen LogP contribution >= 0.6 is 0 Å². The number of benzene rings is 1. The van der Waals surface area contributed by atoms with E-state index in [4.69, 9.17) is 9.47 Å². The summed E-state index contributed by atoms with van der Waals surface area (Å²) >= 11 is 0. The van der Waals surface area contributed by atoms with Gasteiger partial charge >= 0.3 is 6.03 Å². The van der Waals surface area contributed by atoms with Gasteiger partial charge in [0.15, 0.2) is 0 Å². The van der Waals surface area contributed by atoms with E-state index in [2.05, 4.69) is 5.32 Å². The number of morpholine rings is 1. The minimum atomic E-state index is -0.256. The Morgan fingerprint density at radius 1 is 1.48 bits per heavy atom. The Balaban J connectivity index is 1.65. The predicted molar refractivity (Wildman–Crippen MR) is 87.1 cm³/mol. The number of carbonyl (C=O) groups is 1. The van der Waals surface area contributed by atoms with E-state index in [9.17, 15) is 9.90 Å². The highest BCUT2D eigenvalue weighted by Crippen LogP contribution is 2.07. The molecule has 1 aromatic rings. The summed E-state index contributed by atoms with van der Waals surface area (Å²) < 4.78 is 10.9. The smallest absolute Gasteiger partial charge is 0.317 e. The average Bonchev–Trinajstić information content (AvgIpc) is 2.60. The van der Waals surface area contributed by atoms with Crippen molar-refractivity contribution in [3.8, 4) is 0 Å². The lowest BCUT2D eigenvalue weighted by molar-refractivity contribution is -0.00795. The molecule has 23 heavy (non-hydrogen) atoms. The van der Waals surface area contributed by atoms with Gasteiger partial charge < -0.3 is 24.8 Å². The van der Waals surface area contributed by atoms with Crippen LogP contribution in [0.5, 0.6) is 0 Å². The molecule has 0 aliphatic carbocycles. The number of amides is 2. The first kappa shape index (κ1) is 17.7. The topological polar surface area (TPSA) is 71.0 Å². The molecule has 128 valence electrons. The van der Waals surface area contributed by atoms with Crippen LogP contribution in [0.15, 0.2) is 30.3 Å². The Morgan fingerprint density at radius 2 is 2.26 bits per heavy atom. The maximum absolute atomic E-state index is 12.2. The van der Waals surface area contributed by atoms with E-state index < -0.39 is 0 Å². The molecule has 2 amide bonds. The maximum atomic E-state index is 12.2. The van der Waals surface area contributed by atoms with Crippen molar-refractivity contribution < 1.29 is 19.4 Å². The van der Waals surface area contributed by atoms with Crippen LogP contribution in [0.25, 0.3) is 0 Å². The largest absolute Gasteiger partial charge is 0.394 e. The maximum Gasteiger partial charge on any atom is 0.317 e. The highest BCUT2D eigenvalue weighted by molar-refractivity contribution is 5.74. The lowest BCUT2D eigenvalue weighted by Gasteiger charge is -2.34. The van der Waals surface area contributed by atoms with Crippen molar-refractivity contribution in [2.75, 3.05) is 39.5 Å². The summed E-state index contributed by atoms with van der Waals surface area (Å²) in [6.07, 6.45) is 0. The number of ether oxygens (including phenoxy) is 2. The number of hydrogen-bond acceptors (Lipinski definition) is 4. The molecule has 1 aromatic carbocycles. The van der Waals surface area contributed by atoms with E-state index in [1.54, 1.807) is 4.90 Å². The summed E-state index contributed by atoms with van der Waals surface area (Å²) in [5.41, 5.74) is 1.14. The third-order valence-electron chi connectivity index (χ3n) is 3.81. The fourth-order valence-electron chi connectivity index (χ4n) is 2.45. The number of aliphatic hydroxyl groups excluding tert-OH is 1. The second-order valence-electron chi connectivity index (χ2n) is 5.90. The molecule has 0 bridgehead atoms. The van der Waals surface area contributed by atoms with Crippen molar-refractivity contribution in [1.29, 1.82) is 0 Å². The quantitative estimate of drug-likeness (QED) is 0.792. The van der Waals surface area contributed by atoms with Crippen molar-refractivity contribution in [3.63, 3.8) is 0 Å². The third kappa shape index (κ3) is 5.82. The van der Waals surface area contributed by atoms with Gasteiger partial charge in [-0.3, -0.25) is 0 Å². The number of urea groups is 1. The number of hydrogen-bond donors (Lipinski definition) is 2. The van der Waals surface area contributed by atoms with Gasteiger partial charge in [-0.25, -0.2) is 4.79 Å². The fraction of sp³-hybridized carbons (Fsp3) is 0.588. The molecule has 0 radical (unpaired) electrons. The molecule has 6 heteroatoms. The van der Waals surface area contributed by atoms with Crippen molar-refractivity contribution in [3.05, 3.63) is 35.9 Å². The zero-order chi connectivity index (χ0) is 16.5. The lowest BCUT2D eigenvalue weighted by atomic mass is 10.2. The second kappa shape index (κ2) is 9.50.